The van der Waals surface area contributed by atoms with Crippen LogP contribution in [0.3, 0.4) is 0 Å². The van der Waals surface area contributed by atoms with Crippen LogP contribution in [0.25, 0.3) is 0 Å². The van der Waals surface area contributed by atoms with Crippen LogP contribution in [0, 0.1) is 28.9 Å². The van der Waals surface area contributed by atoms with Crippen molar-refractivity contribution in [2.24, 2.45) is 17.3 Å². The molecule has 3 aliphatic heterocycles. The maximum atomic E-state index is 15.2. The first-order chi connectivity index (χ1) is 19.6. The second-order valence-electron chi connectivity index (χ2n) is 14.9. The Bertz CT molecular complexity index is 1120. The fourth-order valence-corrected chi connectivity index (χ4v) is 9.52. The molecule has 0 aromatic heterocycles. The zero-order valence-electron chi connectivity index (χ0n) is 25.3. The second kappa shape index (κ2) is 11.2. The second-order valence-corrected chi connectivity index (χ2v) is 14.9. The molecule has 1 unspecified atom stereocenters. The molecule has 3 atom stereocenters. The van der Waals surface area contributed by atoms with Gasteiger partial charge in [0, 0.05) is 48.7 Å². The summed E-state index contributed by atoms with van der Waals surface area (Å²) in [5.74, 6) is -1.07. The summed E-state index contributed by atoms with van der Waals surface area (Å²) in [7, 11) is 0. The molecule has 1 aromatic carbocycles. The molecule has 0 spiro atoms. The van der Waals surface area contributed by atoms with E-state index in [0.29, 0.717) is 49.5 Å². The molecule has 41 heavy (non-hydrogen) atoms. The number of benzene rings is 1. The molecule has 0 radical (unpaired) electrons. The average Bonchev–Trinajstić information content (AvgIpc) is 3.66. The van der Waals surface area contributed by atoms with Crippen LogP contribution in [-0.2, 0) is 9.59 Å². The minimum absolute atomic E-state index is 0.0984. The van der Waals surface area contributed by atoms with Gasteiger partial charge in [0.25, 0.3) is 0 Å². The lowest BCUT2D eigenvalue weighted by Gasteiger charge is -2.48. The lowest BCUT2D eigenvalue weighted by Crippen LogP contribution is -2.57. The number of hydrogen-bond acceptors (Lipinski definition) is 3. The smallest absolute Gasteiger partial charge is 0.227 e. The van der Waals surface area contributed by atoms with Crippen LogP contribution in [0.5, 0.6) is 0 Å². The molecule has 2 amide bonds. The SMILES string of the molecule is CC(C)(C)NC(=O)C1(C2CCCCC2)CCN(C(=O)[C@@H]2CC(N3C4CCC3CC4)C[C@@H]2c2ccc(F)cc2F)CC1. The Morgan fingerprint density at radius 1 is 0.878 bits per heavy atom. The van der Waals surface area contributed by atoms with Crippen molar-refractivity contribution in [1.29, 1.82) is 0 Å². The summed E-state index contributed by atoms with van der Waals surface area (Å²) in [6.45, 7) is 7.26. The van der Waals surface area contributed by atoms with Crippen molar-refractivity contribution in [1.82, 2.24) is 15.1 Å². The zero-order valence-corrected chi connectivity index (χ0v) is 25.3. The van der Waals surface area contributed by atoms with Crippen LogP contribution in [0.4, 0.5) is 8.78 Å². The van der Waals surface area contributed by atoms with Gasteiger partial charge in [0.1, 0.15) is 11.6 Å². The number of carbonyl (C=O) groups is 2. The molecule has 6 rings (SSSR count). The lowest BCUT2D eigenvalue weighted by molar-refractivity contribution is -0.148. The monoisotopic (exact) mass is 569 g/mol. The van der Waals surface area contributed by atoms with E-state index in [4.69, 9.17) is 0 Å². The van der Waals surface area contributed by atoms with E-state index in [2.05, 4.69) is 10.2 Å². The number of nitrogens with zero attached hydrogens (tertiary/aromatic N) is 2. The van der Waals surface area contributed by atoms with E-state index in [1.807, 2.05) is 25.7 Å². The van der Waals surface area contributed by atoms with Crippen molar-refractivity contribution in [3.8, 4) is 0 Å². The van der Waals surface area contributed by atoms with Gasteiger partial charge in [-0.15, -0.1) is 0 Å². The van der Waals surface area contributed by atoms with Gasteiger partial charge < -0.3 is 10.2 Å². The van der Waals surface area contributed by atoms with Crippen molar-refractivity contribution < 1.29 is 18.4 Å². The van der Waals surface area contributed by atoms with Crippen LogP contribution in [0.15, 0.2) is 18.2 Å². The molecule has 5 aliphatic rings. The van der Waals surface area contributed by atoms with Crippen molar-refractivity contribution in [3.63, 3.8) is 0 Å². The fraction of sp³-hybridized carbons (Fsp3) is 0.765. The molecule has 2 bridgehead atoms. The molecule has 2 aliphatic carbocycles. The van der Waals surface area contributed by atoms with Crippen LogP contribution in [0.1, 0.15) is 116 Å². The van der Waals surface area contributed by atoms with Crippen molar-refractivity contribution in [3.05, 3.63) is 35.4 Å². The number of carbonyl (C=O) groups excluding carboxylic acids is 2. The maximum Gasteiger partial charge on any atom is 0.227 e. The summed E-state index contributed by atoms with van der Waals surface area (Å²) in [4.78, 5) is 32.8. The van der Waals surface area contributed by atoms with Gasteiger partial charge in [-0.25, -0.2) is 8.78 Å². The quantitative estimate of drug-likeness (QED) is 0.437. The number of halogens is 2. The largest absolute Gasteiger partial charge is 0.351 e. The van der Waals surface area contributed by atoms with Gasteiger partial charge in [-0.1, -0.05) is 25.3 Å². The zero-order chi connectivity index (χ0) is 28.9. The first-order valence-corrected chi connectivity index (χ1v) is 16.4. The number of fused-ring (bicyclic) bond motifs is 2. The number of nitrogens with one attached hydrogen (secondary N) is 1. The minimum Gasteiger partial charge on any atom is -0.351 e. The van der Waals surface area contributed by atoms with Gasteiger partial charge >= 0.3 is 0 Å². The topological polar surface area (TPSA) is 52.7 Å². The number of amides is 2. The molecule has 1 aromatic rings. The normalized spacial score (nSPS) is 32.4. The van der Waals surface area contributed by atoms with Gasteiger partial charge in [-0.2, -0.15) is 0 Å². The summed E-state index contributed by atoms with van der Waals surface area (Å²) in [5, 5.41) is 3.30. The molecular formula is C34H49F2N3O2. The Balaban J connectivity index is 1.22. The van der Waals surface area contributed by atoms with E-state index in [-0.39, 0.29) is 35.2 Å². The predicted molar refractivity (Wildman–Crippen MR) is 156 cm³/mol. The van der Waals surface area contributed by atoms with Gasteiger partial charge in [0.2, 0.25) is 11.8 Å². The molecule has 3 saturated heterocycles. The standard InChI is InChI=1S/C34H49F2N3O2/c1-33(2,3)37-32(41)34(22-7-5-4-6-8-22)15-17-38(18-16-34)31(40)29-21-26(39-24-10-11-25(39)13-12-24)20-28(29)27-14-9-23(35)19-30(27)36/h9,14,19,22,24-26,28-29H,4-8,10-13,15-18,20-21H2,1-3H3,(H,37,41)/t24?,25?,26?,28-,29-/m1/s1. The molecule has 5 fully saturated rings. The molecule has 3 heterocycles. The molecule has 226 valence electrons. The van der Waals surface area contributed by atoms with Crippen LogP contribution >= 0.6 is 0 Å². The highest BCUT2D eigenvalue weighted by Crippen LogP contribution is 2.51. The van der Waals surface area contributed by atoms with E-state index in [9.17, 15) is 14.0 Å². The van der Waals surface area contributed by atoms with E-state index >= 15 is 4.39 Å². The highest BCUT2D eigenvalue weighted by molar-refractivity contribution is 5.85. The highest BCUT2D eigenvalue weighted by Gasteiger charge is 2.52. The summed E-state index contributed by atoms with van der Waals surface area (Å²) < 4.78 is 29.0. The predicted octanol–water partition coefficient (Wildman–Crippen LogP) is 6.56. The van der Waals surface area contributed by atoms with Gasteiger partial charge in [-0.3, -0.25) is 14.5 Å². The maximum absolute atomic E-state index is 15.2. The molecule has 5 nitrogen and oxygen atoms in total. The highest BCUT2D eigenvalue weighted by atomic mass is 19.1. The minimum atomic E-state index is -0.579. The van der Waals surface area contributed by atoms with Gasteiger partial charge in [0.15, 0.2) is 0 Å². The van der Waals surface area contributed by atoms with Crippen LogP contribution < -0.4 is 5.32 Å². The van der Waals surface area contributed by atoms with E-state index in [1.54, 1.807) is 6.07 Å². The Morgan fingerprint density at radius 2 is 1.51 bits per heavy atom. The van der Waals surface area contributed by atoms with E-state index in [0.717, 1.165) is 31.7 Å². The van der Waals surface area contributed by atoms with Crippen molar-refractivity contribution >= 4 is 11.8 Å². The molecule has 1 N–H and O–H groups in total. The third kappa shape index (κ3) is 5.57. The van der Waals surface area contributed by atoms with Crippen LogP contribution in [0.2, 0.25) is 0 Å². The molecular weight excluding hydrogens is 520 g/mol. The Kier molecular flexibility index (Phi) is 7.97. The number of hydrogen-bond donors (Lipinski definition) is 1. The number of likely N-dealkylation sites (tertiary alicyclic amines) is 1. The molecule has 2 saturated carbocycles. The first-order valence-electron chi connectivity index (χ1n) is 16.4. The third-order valence-corrected chi connectivity index (χ3v) is 11.4. The van der Waals surface area contributed by atoms with E-state index in [1.165, 1.54) is 51.0 Å². The fourth-order valence-electron chi connectivity index (χ4n) is 9.52. The Labute approximate surface area is 244 Å². The summed E-state index contributed by atoms with van der Waals surface area (Å²) in [6, 6.07) is 5.31. The number of piperidine rings is 1. The summed E-state index contributed by atoms with van der Waals surface area (Å²) in [6.07, 6.45) is 13.5. The van der Waals surface area contributed by atoms with Crippen molar-refractivity contribution in [2.75, 3.05) is 13.1 Å². The molecule has 7 heteroatoms. The van der Waals surface area contributed by atoms with Gasteiger partial charge in [0.05, 0.1) is 5.41 Å². The lowest BCUT2D eigenvalue weighted by atomic mass is 9.63. The van der Waals surface area contributed by atoms with E-state index < -0.39 is 17.0 Å². The van der Waals surface area contributed by atoms with Crippen LogP contribution in [-0.4, -0.2) is 58.4 Å². The average molecular weight is 570 g/mol. The summed E-state index contributed by atoms with van der Waals surface area (Å²) in [5.41, 5.74) is -0.247. The number of rotatable bonds is 5. The van der Waals surface area contributed by atoms with Gasteiger partial charge in [-0.05, 0) is 108 Å². The third-order valence-electron chi connectivity index (χ3n) is 11.4. The Morgan fingerprint density at radius 3 is 2.10 bits per heavy atom. The van der Waals surface area contributed by atoms with Crippen molar-refractivity contribution in [2.45, 2.75) is 134 Å². The Hall–Kier alpha value is -2.02. The summed E-state index contributed by atoms with van der Waals surface area (Å²) >= 11 is 0. The first kappa shape index (κ1) is 29.1.